The molecule has 0 saturated carbocycles. The van der Waals surface area contributed by atoms with Gasteiger partial charge in [0.2, 0.25) is 0 Å². The summed E-state index contributed by atoms with van der Waals surface area (Å²) in [6.45, 7) is 11.1. The van der Waals surface area contributed by atoms with Gasteiger partial charge in [0.05, 0.1) is 0 Å². The molecule has 0 aliphatic rings. The van der Waals surface area contributed by atoms with Crippen molar-refractivity contribution in [1.82, 2.24) is 0 Å². The van der Waals surface area contributed by atoms with Gasteiger partial charge < -0.3 is 9.47 Å². The third kappa shape index (κ3) is 4.72. The van der Waals surface area contributed by atoms with Crippen molar-refractivity contribution in [3.8, 4) is 11.5 Å². The monoisotopic (exact) mass is 234 g/mol. The second kappa shape index (κ2) is 5.04. The number of benzene rings is 1. The Balaban J connectivity index is 2.68. The highest BCUT2D eigenvalue weighted by Gasteiger charge is 2.12. The van der Waals surface area contributed by atoms with E-state index in [1.807, 2.05) is 20.8 Å². The van der Waals surface area contributed by atoms with Crippen molar-refractivity contribution < 1.29 is 14.3 Å². The molecule has 0 saturated heterocycles. The molecule has 17 heavy (non-hydrogen) atoms. The van der Waals surface area contributed by atoms with Crippen LogP contribution in [-0.4, -0.2) is 11.6 Å². The Morgan fingerprint density at radius 3 is 2.00 bits per heavy atom. The summed E-state index contributed by atoms with van der Waals surface area (Å²) in [6.07, 6.45) is 0. The lowest BCUT2D eigenvalue weighted by atomic mass is 10.2. The zero-order chi connectivity index (χ0) is 13.1. The van der Waals surface area contributed by atoms with E-state index in [1.165, 1.54) is 0 Å². The van der Waals surface area contributed by atoms with Gasteiger partial charge in [-0.25, -0.2) is 4.79 Å². The SMILES string of the molecule is C=C(C)C(=O)Oc1ccc(OC(C)(C)C)cc1. The van der Waals surface area contributed by atoms with Gasteiger partial charge in [0.1, 0.15) is 17.1 Å². The summed E-state index contributed by atoms with van der Waals surface area (Å²) in [5, 5.41) is 0. The lowest BCUT2D eigenvalue weighted by Gasteiger charge is -2.21. The number of ether oxygens (including phenoxy) is 2. The van der Waals surface area contributed by atoms with Crippen molar-refractivity contribution in [2.24, 2.45) is 0 Å². The van der Waals surface area contributed by atoms with Gasteiger partial charge in [-0.15, -0.1) is 0 Å². The second-order valence-corrected chi connectivity index (χ2v) is 4.86. The molecule has 1 rings (SSSR count). The van der Waals surface area contributed by atoms with Crippen molar-refractivity contribution in [3.05, 3.63) is 36.4 Å². The highest BCUT2D eigenvalue weighted by molar-refractivity contribution is 5.88. The van der Waals surface area contributed by atoms with Crippen molar-refractivity contribution in [2.75, 3.05) is 0 Å². The largest absolute Gasteiger partial charge is 0.488 e. The van der Waals surface area contributed by atoms with E-state index in [2.05, 4.69) is 6.58 Å². The fraction of sp³-hybridized carbons (Fsp3) is 0.357. The third-order valence-corrected chi connectivity index (χ3v) is 1.81. The fourth-order valence-electron chi connectivity index (χ4n) is 1.12. The minimum absolute atomic E-state index is 0.240. The molecule has 3 heteroatoms. The van der Waals surface area contributed by atoms with E-state index in [1.54, 1.807) is 31.2 Å². The van der Waals surface area contributed by atoms with Gasteiger partial charge in [-0.3, -0.25) is 0 Å². The van der Waals surface area contributed by atoms with Crippen molar-refractivity contribution in [2.45, 2.75) is 33.3 Å². The van der Waals surface area contributed by atoms with Gasteiger partial charge >= 0.3 is 5.97 Å². The molecule has 3 nitrogen and oxygen atoms in total. The van der Waals surface area contributed by atoms with Crippen molar-refractivity contribution in [3.63, 3.8) is 0 Å². The average molecular weight is 234 g/mol. The van der Waals surface area contributed by atoms with E-state index in [0.717, 1.165) is 5.75 Å². The van der Waals surface area contributed by atoms with Crippen LogP contribution < -0.4 is 9.47 Å². The first-order valence-electron chi connectivity index (χ1n) is 5.45. The van der Waals surface area contributed by atoms with Gasteiger partial charge in [-0.1, -0.05) is 6.58 Å². The number of esters is 1. The molecule has 0 bridgehead atoms. The fourth-order valence-corrected chi connectivity index (χ4v) is 1.12. The van der Waals surface area contributed by atoms with Crippen LogP contribution in [0.25, 0.3) is 0 Å². The molecule has 0 fully saturated rings. The van der Waals surface area contributed by atoms with Gasteiger partial charge in [0.25, 0.3) is 0 Å². The Kier molecular flexibility index (Phi) is 3.94. The van der Waals surface area contributed by atoms with Crippen LogP contribution in [0.4, 0.5) is 0 Å². The maximum absolute atomic E-state index is 11.3. The zero-order valence-electron chi connectivity index (χ0n) is 10.7. The molecule has 0 amide bonds. The molecular weight excluding hydrogens is 216 g/mol. The summed E-state index contributed by atoms with van der Waals surface area (Å²) in [6, 6.07) is 6.93. The maximum atomic E-state index is 11.3. The lowest BCUT2D eigenvalue weighted by Crippen LogP contribution is -2.22. The molecule has 0 N–H and O–H groups in total. The smallest absolute Gasteiger partial charge is 0.338 e. The number of hydrogen-bond donors (Lipinski definition) is 0. The van der Waals surface area contributed by atoms with Crippen LogP contribution in [0.15, 0.2) is 36.4 Å². The molecule has 0 heterocycles. The summed E-state index contributed by atoms with van der Waals surface area (Å²) in [5.41, 5.74) is 0.135. The Morgan fingerprint density at radius 2 is 1.59 bits per heavy atom. The molecule has 0 atom stereocenters. The summed E-state index contributed by atoms with van der Waals surface area (Å²) in [5.74, 6) is 0.807. The maximum Gasteiger partial charge on any atom is 0.338 e. The first kappa shape index (κ1) is 13.3. The van der Waals surface area contributed by atoms with Gasteiger partial charge in [0, 0.05) is 5.57 Å². The second-order valence-electron chi connectivity index (χ2n) is 4.86. The van der Waals surface area contributed by atoms with Crippen LogP contribution >= 0.6 is 0 Å². The van der Waals surface area contributed by atoms with E-state index >= 15 is 0 Å². The van der Waals surface area contributed by atoms with Crippen LogP contribution in [0.3, 0.4) is 0 Å². The summed E-state index contributed by atoms with van der Waals surface area (Å²) < 4.78 is 10.7. The number of carbonyl (C=O) groups is 1. The molecule has 92 valence electrons. The molecule has 0 aromatic heterocycles. The number of carbonyl (C=O) groups excluding carboxylic acids is 1. The minimum atomic E-state index is -0.422. The summed E-state index contributed by atoms with van der Waals surface area (Å²) >= 11 is 0. The molecule has 0 aliphatic heterocycles. The number of rotatable bonds is 3. The van der Waals surface area contributed by atoms with Crippen LogP contribution in [0, 0.1) is 0 Å². The Morgan fingerprint density at radius 1 is 1.12 bits per heavy atom. The first-order chi connectivity index (χ1) is 7.78. The third-order valence-electron chi connectivity index (χ3n) is 1.81. The Bertz CT molecular complexity index is 410. The van der Waals surface area contributed by atoms with E-state index in [9.17, 15) is 4.79 Å². The number of hydrogen-bond acceptors (Lipinski definition) is 3. The van der Waals surface area contributed by atoms with E-state index in [4.69, 9.17) is 9.47 Å². The van der Waals surface area contributed by atoms with Crippen molar-refractivity contribution >= 4 is 5.97 Å². The van der Waals surface area contributed by atoms with Crippen LogP contribution in [0.1, 0.15) is 27.7 Å². The van der Waals surface area contributed by atoms with Gasteiger partial charge in [0.15, 0.2) is 0 Å². The standard InChI is InChI=1S/C14H18O3/c1-10(2)13(15)16-11-6-8-12(9-7-11)17-14(3,4)5/h6-9H,1H2,2-5H3. The lowest BCUT2D eigenvalue weighted by molar-refractivity contribution is -0.130. The van der Waals surface area contributed by atoms with E-state index < -0.39 is 5.97 Å². The van der Waals surface area contributed by atoms with E-state index in [-0.39, 0.29) is 5.60 Å². The molecule has 0 aliphatic carbocycles. The molecule has 1 aromatic carbocycles. The summed E-state index contributed by atoms with van der Waals surface area (Å²) in [4.78, 5) is 11.3. The highest BCUT2D eigenvalue weighted by Crippen LogP contribution is 2.21. The molecule has 0 unspecified atom stereocenters. The molecular formula is C14H18O3. The Labute approximate surface area is 102 Å². The van der Waals surface area contributed by atoms with Crippen LogP contribution in [0.2, 0.25) is 0 Å². The predicted molar refractivity (Wildman–Crippen MR) is 67.3 cm³/mol. The Hall–Kier alpha value is -1.77. The zero-order valence-corrected chi connectivity index (χ0v) is 10.7. The topological polar surface area (TPSA) is 35.5 Å². The average Bonchev–Trinajstić information content (AvgIpc) is 2.18. The minimum Gasteiger partial charge on any atom is -0.488 e. The van der Waals surface area contributed by atoms with Gasteiger partial charge in [-0.2, -0.15) is 0 Å². The van der Waals surface area contributed by atoms with Crippen LogP contribution in [0.5, 0.6) is 11.5 Å². The van der Waals surface area contributed by atoms with Crippen molar-refractivity contribution in [1.29, 1.82) is 0 Å². The predicted octanol–water partition coefficient (Wildman–Crippen LogP) is 3.35. The van der Waals surface area contributed by atoms with Gasteiger partial charge in [-0.05, 0) is 52.0 Å². The molecule has 1 aromatic rings. The van der Waals surface area contributed by atoms with E-state index in [0.29, 0.717) is 11.3 Å². The first-order valence-corrected chi connectivity index (χ1v) is 5.45. The normalized spacial score (nSPS) is 10.8. The summed E-state index contributed by atoms with van der Waals surface area (Å²) in [7, 11) is 0. The molecule has 0 spiro atoms. The van der Waals surface area contributed by atoms with Crippen LogP contribution in [-0.2, 0) is 4.79 Å². The molecule has 0 radical (unpaired) electrons. The quantitative estimate of drug-likeness (QED) is 0.457. The highest BCUT2D eigenvalue weighted by atomic mass is 16.5.